The summed E-state index contributed by atoms with van der Waals surface area (Å²) in [5.41, 5.74) is 0. The maximum Gasteiger partial charge on any atom is 0.407 e. The number of amides is 1. The molecule has 6 heteroatoms. The van der Waals surface area contributed by atoms with Crippen LogP contribution >= 0.6 is 11.6 Å². The predicted octanol–water partition coefficient (Wildman–Crippen LogP) is 3.24. The van der Waals surface area contributed by atoms with E-state index in [0.29, 0.717) is 13.0 Å². The van der Waals surface area contributed by atoms with Gasteiger partial charge in [0.05, 0.1) is 12.5 Å². The number of alkyl halides is 1. The lowest BCUT2D eigenvalue weighted by molar-refractivity contribution is -0.146. The molecule has 0 fully saturated rings. The van der Waals surface area contributed by atoms with Crippen molar-refractivity contribution >= 4 is 23.7 Å². The van der Waals surface area contributed by atoms with Crippen LogP contribution in [0.4, 0.5) is 4.79 Å². The van der Waals surface area contributed by atoms with E-state index in [9.17, 15) is 9.59 Å². The lowest BCUT2D eigenvalue weighted by Crippen LogP contribution is -2.42. The fraction of sp³-hybridized carbons (Fsp3) is 0.857. The number of alkyl carbamates (subject to hydrolysis) is 1. The number of hydrogen-bond acceptors (Lipinski definition) is 4. The van der Waals surface area contributed by atoms with Crippen LogP contribution in [0.2, 0.25) is 0 Å². The van der Waals surface area contributed by atoms with Crippen LogP contribution in [-0.4, -0.2) is 37.2 Å². The lowest BCUT2D eigenvalue weighted by atomic mass is 10.2. The minimum absolute atomic E-state index is 0.123. The van der Waals surface area contributed by atoms with Crippen molar-refractivity contribution in [3.8, 4) is 0 Å². The summed E-state index contributed by atoms with van der Waals surface area (Å²) in [7, 11) is 0. The number of hydrogen-bond donors (Lipinski definition) is 1. The van der Waals surface area contributed by atoms with Gasteiger partial charge in [-0.05, 0) is 12.8 Å². The fourth-order valence-corrected chi connectivity index (χ4v) is 1.73. The third kappa shape index (κ3) is 9.89. The van der Waals surface area contributed by atoms with Gasteiger partial charge < -0.3 is 14.8 Å². The molecule has 1 unspecified atom stereocenters. The molecular formula is C14H26ClNO4. The molecule has 0 rings (SSSR count). The molecule has 0 aromatic heterocycles. The summed E-state index contributed by atoms with van der Waals surface area (Å²) in [6.45, 7) is 4.59. The molecule has 0 aliphatic carbocycles. The van der Waals surface area contributed by atoms with Crippen LogP contribution in [0.15, 0.2) is 0 Å². The summed E-state index contributed by atoms with van der Waals surface area (Å²) in [6.07, 6.45) is 4.85. The average Bonchev–Trinajstić information content (AvgIpc) is 2.44. The van der Waals surface area contributed by atoms with Crippen molar-refractivity contribution < 1.29 is 19.1 Å². The van der Waals surface area contributed by atoms with Crippen molar-refractivity contribution in [3.63, 3.8) is 0 Å². The molecule has 0 aliphatic rings. The summed E-state index contributed by atoms with van der Waals surface area (Å²) in [6, 6.07) is -0.644. The molecule has 0 saturated heterocycles. The molecule has 0 aromatic rings. The van der Waals surface area contributed by atoms with Gasteiger partial charge >= 0.3 is 12.1 Å². The number of halogens is 1. The SMILES string of the molecule is CCCCCCOC(=O)C(CCC)NC(=O)OCCCl. The van der Waals surface area contributed by atoms with Gasteiger partial charge in [0.15, 0.2) is 0 Å². The van der Waals surface area contributed by atoms with Crippen LogP contribution in [0.5, 0.6) is 0 Å². The Morgan fingerprint density at radius 2 is 1.80 bits per heavy atom. The first kappa shape index (κ1) is 19.0. The largest absolute Gasteiger partial charge is 0.464 e. The fourth-order valence-electron chi connectivity index (χ4n) is 1.66. The number of ether oxygens (including phenoxy) is 2. The summed E-state index contributed by atoms with van der Waals surface area (Å²) in [4.78, 5) is 23.3. The van der Waals surface area contributed by atoms with E-state index >= 15 is 0 Å². The Balaban J connectivity index is 4.02. The van der Waals surface area contributed by atoms with Crippen LogP contribution in [0.25, 0.3) is 0 Å². The Hall–Kier alpha value is -0.970. The highest BCUT2D eigenvalue weighted by Gasteiger charge is 2.21. The Kier molecular flexibility index (Phi) is 12.4. The van der Waals surface area contributed by atoms with E-state index in [1.807, 2.05) is 6.92 Å². The molecule has 118 valence electrons. The van der Waals surface area contributed by atoms with Gasteiger partial charge in [0.2, 0.25) is 0 Å². The first-order chi connectivity index (χ1) is 9.65. The zero-order valence-corrected chi connectivity index (χ0v) is 13.2. The molecule has 0 spiro atoms. The molecule has 0 aromatic carbocycles. The number of nitrogens with one attached hydrogen (secondary N) is 1. The average molecular weight is 308 g/mol. The first-order valence-electron chi connectivity index (χ1n) is 7.31. The number of carbonyl (C=O) groups excluding carboxylic acids is 2. The Morgan fingerprint density at radius 3 is 2.40 bits per heavy atom. The highest BCUT2D eigenvalue weighted by molar-refractivity contribution is 6.18. The van der Waals surface area contributed by atoms with Gasteiger partial charge in [0.1, 0.15) is 12.6 Å². The van der Waals surface area contributed by atoms with E-state index in [-0.39, 0.29) is 12.5 Å². The van der Waals surface area contributed by atoms with E-state index in [4.69, 9.17) is 21.1 Å². The molecule has 0 aliphatic heterocycles. The van der Waals surface area contributed by atoms with E-state index in [0.717, 1.165) is 32.1 Å². The second-order valence-electron chi connectivity index (χ2n) is 4.54. The highest BCUT2D eigenvalue weighted by atomic mass is 35.5. The molecule has 0 bridgehead atoms. The minimum Gasteiger partial charge on any atom is -0.464 e. The van der Waals surface area contributed by atoms with Gasteiger partial charge in [-0.3, -0.25) is 0 Å². The standard InChI is InChI=1S/C14H26ClNO4/c1-3-5-6-7-10-19-13(17)12(8-4-2)16-14(18)20-11-9-15/h12H,3-11H2,1-2H3,(H,16,18). The van der Waals surface area contributed by atoms with E-state index in [1.54, 1.807) is 0 Å². The molecule has 1 amide bonds. The van der Waals surface area contributed by atoms with Crippen LogP contribution in [0.1, 0.15) is 52.4 Å². The molecule has 1 atom stereocenters. The molecule has 5 nitrogen and oxygen atoms in total. The summed E-state index contributed by atoms with van der Waals surface area (Å²) < 4.78 is 9.96. The van der Waals surface area contributed by atoms with Gasteiger partial charge in [-0.2, -0.15) is 0 Å². The van der Waals surface area contributed by atoms with Crippen molar-refractivity contribution in [2.24, 2.45) is 0 Å². The van der Waals surface area contributed by atoms with Gasteiger partial charge in [-0.15, -0.1) is 11.6 Å². The summed E-state index contributed by atoms with van der Waals surface area (Å²) in [5.74, 6) is -0.167. The van der Waals surface area contributed by atoms with E-state index < -0.39 is 18.1 Å². The first-order valence-corrected chi connectivity index (χ1v) is 7.85. The van der Waals surface area contributed by atoms with Crippen molar-refractivity contribution in [2.75, 3.05) is 19.1 Å². The van der Waals surface area contributed by atoms with E-state index in [2.05, 4.69) is 12.2 Å². The molecule has 1 N–H and O–H groups in total. The quantitative estimate of drug-likeness (QED) is 0.361. The maximum atomic E-state index is 11.9. The normalized spacial score (nSPS) is 11.8. The smallest absolute Gasteiger partial charge is 0.407 e. The molecule has 0 saturated carbocycles. The molecule has 0 heterocycles. The van der Waals surface area contributed by atoms with Gasteiger partial charge in [-0.25, -0.2) is 9.59 Å². The van der Waals surface area contributed by atoms with Crippen molar-refractivity contribution in [1.29, 1.82) is 0 Å². The number of rotatable bonds is 11. The lowest BCUT2D eigenvalue weighted by Gasteiger charge is -2.16. The second kappa shape index (κ2) is 13.0. The monoisotopic (exact) mass is 307 g/mol. The van der Waals surface area contributed by atoms with E-state index in [1.165, 1.54) is 0 Å². The van der Waals surface area contributed by atoms with Gasteiger partial charge in [0, 0.05) is 0 Å². The van der Waals surface area contributed by atoms with Crippen molar-refractivity contribution in [2.45, 2.75) is 58.4 Å². The Labute approximate surface area is 126 Å². The van der Waals surface area contributed by atoms with Crippen LogP contribution < -0.4 is 5.32 Å². The minimum atomic E-state index is -0.644. The zero-order valence-electron chi connectivity index (χ0n) is 12.5. The third-order valence-electron chi connectivity index (χ3n) is 2.71. The molecule has 20 heavy (non-hydrogen) atoms. The van der Waals surface area contributed by atoms with Crippen molar-refractivity contribution in [3.05, 3.63) is 0 Å². The maximum absolute atomic E-state index is 11.9. The number of carbonyl (C=O) groups is 2. The van der Waals surface area contributed by atoms with Crippen molar-refractivity contribution in [1.82, 2.24) is 5.32 Å². The zero-order chi connectivity index (χ0) is 15.2. The number of esters is 1. The molecule has 0 radical (unpaired) electrons. The van der Waals surface area contributed by atoms with Gasteiger partial charge in [0.25, 0.3) is 0 Å². The predicted molar refractivity (Wildman–Crippen MR) is 79.0 cm³/mol. The topological polar surface area (TPSA) is 64.6 Å². The molecular weight excluding hydrogens is 282 g/mol. The summed E-state index contributed by atoms with van der Waals surface area (Å²) >= 11 is 5.42. The Bertz CT molecular complexity index is 274. The van der Waals surface area contributed by atoms with Crippen LogP contribution in [0.3, 0.4) is 0 Å². The van der Waals surface area contributed by atoms with Crippen LogP contribution in [-0.2, 0) is 14.3 Å². The third-order valence-corrected chi connectivity index (χ3v) is 2.86. The second-order valence-corrected chi connectivity index (χ2v) is 4.92. The highest BCUT2D eigenvalue weighted by Crippen LogP contribution is 2.03. The summed E-state index contributed by atoms with van der Waals surface area (Å²) in [5, 5.41) is 2.51. The van der Waals surface area contributed by atoms with Crippen LogP contribution in [0, 0.1) is 0 Å². The van der Waals surface area contributed by atoms with Gasteiger partial charge in [-0.1, -0.05) is 39.5 Å². The Morgan fingerprint density at radius 1 is 1.05 bits per heavy atom. The number of unbranched alkanes of at least 4 members (excludes halogenated alkanes) is 3.